The van der Waals surface area contributed by atoms with E-state index in [2.05, 4.69) is 5.32 Å². The van der Waals surface area contributed by atoms with Crippen LogP contribution in [0.4, 0.5) is 5.69 Å². The molecule has 1 amide bonds. The summed E-state index contributed by atoms with van der Waals surface area (Å²) in [5, 5.41) is 14.3. The molecule has 1 aromatic heterocycles. The Morgan fingerprint density at radius 2 is 1.79 bits per heavy atom. The lowest BCUT2D eigenvalue weighted by Gasteiger charge is -2.24. The molecule has 3 aromatic rings. The van der Waals surface area contributed by atoms with Gasteiger partial charge in [-0.3, -0.25) is 4.79 Å². The number of carbonyl (C=O) groups is 1. The molecule has 0 aliphatic carbocycles. The number of benzene rings is 2. The second-order valence-electron chi connectivity index (χ2n) is 7.78. The Morgan fingerprint density at radius 1 is 1.07 bits per heavy atom. The van der Waals surface area contributed by atoms with E-state index in [0.29, 0.717) is 23.5 Å². The maximum atomic E-state index is 13.1. The van der Waals surface area contributed by atoms with Gasteiger partial charge in [-0.1, -0.05) is 17.7 Å². The van der Waals surface area contributed by atoms with E-state index in [-0.39, 0.29) is 11.7 Å². The summed E-state index contributed by atoms with van der Waals surface area (Å²) in [7, 11) is 0. The summed E-state index contributed by atoms with van der Waals surface area (Å²) in [4.78, 5) is 14.5. The van der Waals surface area contributed by atoms with Gasteiger partial charge in [-0.15, -0.1) is 0 Å². The Labute approximate surface area is 165 Å². The standard InChI is InChI=1S/C23H26N2O3/c1-15-6-8-17(9-7-15)24-23(27)21-16(2)28-20-11-10-19(26)18(22(20)21)14-25-12-4-3-5-13-25/h6-11,26H,3-5,12-14H2,1-2H3,(H,24,27)/p+1. The lowest BCUT2D eigenvalue weighted by atomic mass is 10.0. The molecular weight excluding hydrogens is 352 g/mol. The van der Waals surface area contributed by atoms with E-state index in [1.165, 1.54) is 24.2 Å². The van der Waals surface area contributed by atoms with Crippen LogP contribution in [0.15, 0.2) is 40.8 Å². The second-order valence-corrected chi connectivity index (χ2v) is 7.78. The molecule has 28 heavy (non-hydrogen) atoms. The number of hydrogen-bond donors (Lipinski definition) is 3. The van der Waals surface area contributed by atoms with Crippen LogP contribution in [0.2, 0.25) is 0 Å². The van der Waals surface area contributed by atoms with Crippen LogP contribution in [0.25, 0.3) is 11.0 Å². The number of fused-ring (bicyclic) bond motifs is 1. The highest BCUT2D eigenvalue weighted by Crippen LogP contribution is 2.34. The Hall–Kier alpha value is -2.79. The maximum Gasteiger partial charge on any atom is 0.259 e. The van der Waals surface area contributed by atoms with Crippen LogP contribution < -0.4 is 10.2 Å². The SMILES string of the molecule is Cc1ccc(NC(=O)c2c(C)oc3ccc(O)c(C[NH+]4CCCCC4)c23)cc1. The number of likely N-dealkylation sites (tertiary alicyclic amines) is 1. The molecule has 0 saturated carbocycles. The van der Waals surface area contributed by atoms with Crippen molar-refractivity contribution in [3.63, 3.8) is 0 Å². The highest BCUT2D eigenvalue weighted by Gasteiger charge is 2.25. The molecule has 2 heterocycles. The van der Waals surface area contributed by atoms with E-state index in [1.807, 2.05) is 31.2 Å². The molecule has 1 fully saturated rings. The Morgan fingerprint density at radius 3 is 2.50 bits per heavy atom. The zero-order chi connectivity index (χ0) is 19.7. The molecule has 2 aromatic carbocycles. The Balaban J connectivity index is 1.72. The van der Waals surface area contributed by atoms with Crippen molar-refractivity contribution >= 4 is 22.6 Å². The average molecular weight is 379 g/mol. The van der Waals surface area contributed by atoms with Crippen LogP contribution >= 0.6 is 0 Å². The van der Waals surface area contributed by atoms with Gasteiger partial charge in [0.25, 0.3) is 5.91 Å². The number of phenolic OH excluding ortho intramolecular Hbond substituents is 1. The summed E-state index contributed by atoms with van der Waals surface area (Å²) in [5.74, 6) is 0.594. The van der Waals surface area contributed by atoms with Crippen molar-refractivity contribution in [1.29, 1.82) is 0 Å². The zero-order valence-electron chi connectivity index (χ0n) is 16.5. The van der Waals surface area contributed by atoms with Gasteiger partial charge in [0.2, 0.25) is 0 Å². The van der Waals surface area contributed by atoms with Gasteiger partial charge in [0.05, 0.1) is 24.2 Å². The number of anilines is 1. The third-order valence-corrected chi connectivity index (χ3v) is 5.64. The fourth-order valence-corrected chi connectivity index (χ4v) is 4.13. The van der Waals surface area contributed by atoms with Gasteiger partial charge in [-0.05, 0) is 57.4 Å². The number of furan rings is 1. The van der Waals surface area contributed by atoms with Gasteiger partial charge in [-0.25, -0.2) is 0 Å². The van der Waals surface area contributed by atoms with E-state index in [0.717, 1.165) is 35.3 Å². The molecule has 4 rings (SSSR count). The number of carbonyl (C=O) groups excluding carboxylic acids is 1. The molecule has 5 heteroatoms. The molecule has 0 bridgehead atoms. The van der Waals surface area contributed by atoms with E-state index in [9.17, 15) is 9.90 Å². The van der Waals surface area contributed by atoms with Gasteiger partial charge < -0.3 is 19.7 Å². The summed E-state index contributed by atoms with van der Waals surface area (Å²) in [6.45, 7) is 6.71. The number of aryl methyl sites for hydroxylation is 2. The summed E-state index contributed by atoms with van der Waals surface area (Å²) in [6.07, 6.45) is 3.68. The van der Waals surface area contributed by atoms with Gasteiger partial charge in [0.15, 0.2) is 0 Å². The predicted molar refractivity (Wildman–Crippen MR) is 110 cm³/mol. The van der Waals surface area contributed by atoms with Crippen molar-refractivity contribution in [3.8, 4) is 5.75 Å². The second kappa shape index (κ2) is 7.68. The third-order valence-electron chi connectivity index (χ3n) is 5.64. The first-order valence-electron chi connectivity index (χ1n) is 9.98. The smallest absolute Gasteiger partial charge is 0.259 e. The fourth-order valence-electron chi connectivity index (χ4n) is 4.13. The van der Waals surface area contributed by atoms with Crippen LogP contribution in [-0.4, -0.2) is 24.1 Å². The van der Waals surface area contributed by atoms with Crippen LogP contribution in [0, 0.1) is 13.8 Å². The van der Waals surface area contributed by atoms with Crippen LogP contribution in [0.1, 0.15) is 46.5 Å². The molecule has 3 N–H and O–H groups in total. The molecule has 1 aliphatic rings. The lowest BCUT2D eigenvalue weighted by Crippen LogP contribution is -3.11. The quantitative estimate of drug-likeness (QED) is 0.649. The summed E-state index contributed by atoms with van der Waals surface area (Å²) >= 11 is 0. The number of phenols is 1. The number of nitrogens with one attached hydrogen (secondary N) is 2. The largest absolute Gasteiger partial charge is 0.507 e. The predicted octanol–water partition coefficient (Wildman–Crippen LogP) is 3.58. The first-order valence-corrected chi connectivity index (χ1v) is 9.98. The number of aromatic hydroxyl groups is 1. The minimum absolute atomic E-state index is 0.208. The number of amides is 1. The number of hydrogen-bond acceptors (Lipinski definition) is 3. The van der Waals surface area contributed by atoms with Crippen molar-refractivity contribution in [1.82, 2.24) is 0 Å². The topological polar surface area (TPSA) is 66.9 Å². The van der Waals surface area contributed by atoms with Crippen LogP contribution in [0.3, 0.4) is 0 Å². The van der Waals surface area contributed by atoms with Crippen LogP contribution in [0.5, 0.6) is 5.75 Å². The molecular formula is C23H27N2O3+. The molecule has 0 atom stereocenters. The fraction of sp³-hybridized carbons (Fsp3) is 0.348. The molecule has 0 spiro atoms. The first kappa shape index (κ1) is 18.6. The molecule has 1 saturated heterocycles. The van der Waals surface area contributed by atoms with Gasteiger partial charge in [0.1, 0.15) is 23.6 Å². The molecule has 5 nitrogen and oxygen atoms in total. The number of quaternary nitrogens is 1. The monoisotopic (exact) mass is 379 g/mol. The summed E-state index contributed by atoms with van der Waals surface area (Å²) in [5.41, 5.74) is 3.85. The molecule has 1 aliphatic heterocycles. The Bertz CT molecular complexity index is 999. The molecule has 146 valence electrons. The number of piperidine rings is 1. The minimum Gasteiger partial charge on any atom is -0.507 e. The highest BCUT2D eigenvalue weighted by molar-refractivity contribution is 6.14. The van der Waals surface area contributed by atoms with Crippen molar-refractivity contribution in [2.45, 2.75) is 39.7 Å². The van der Waals surface area contributed by atoms with E-state index in [4.69, 9.17) is 4.42 Å². The van der Waals surface area contributed by atoms with Crippen molar-refractivity contribution < 1.29 is 19.2 Å². The number of rotatable bonds is 4. The molecule has 0 radical (unpaired) electrons. The van der Waals surface area contributed by atoms with Gasteiger partial charge in [0, 0.05) is 11.1 Å². The molecule has 0 unspecified atom stereocenters. The average Bonchev–Trinajstić information content (AvgIpc) is 3.03. The van der Waals surface area contributed by atoms with Crippen molar-refractivity contribution in [2.24, 2.45) is 0 Å². The van der Waals surface area contributed by atoms with E-state index >= 15 is 0 Å². The van der Waals surface area contributed by atoms with Crippen LogP contribution in [-0.2, 0) is 6.54 Å². The first-order chi connectivity index (χ1) is 13.5. The van der Waals surface area contributed by atoms with Gasteiger partial charge >= 0.3 is 0 Å². The van der Waals surface area contributed by atoms with E-state index < -0.39 is 0 Å². The zero-order valence-corrected chi connectivity index (χ0v) is 16.5. The van der Waals surface area contributed by atoms with Crippen molar-refractivity contribution in [2.75, 3.05) is 18.4 Å². The highest BCUT2D eigenvalue weighted by atomic mass is 16.3. The van der Waals surface area contributed by atoms with Gasteiger partial charge in [-0.2, -0.15) is 0 Å². The summed E-state index contributed by atoms with van der Waals surface area (Å²) in [6, 6.07) is 11.1. The maximum absolute atomic E-state index is 13.1. The lowest BCUT2D eigenvalue weighted by molar-refractivity contribution is -0.918. The normalized spacial score (nSPS) is 15.1. The summed E-state index contributed by atoms with van der Waals surface area (Å²) < 4.78 is 5.88. The minimum atomic E-state index is -0.208. The Kier molecular flexibility index (Phi) is 5.09. The van der Waals surface area contributed by atoms with Crippen molar-refractivity contribution in [3.05, 3.63) is 58.8 Å². The van der Waals surface area contributed by atoms with E-state index in [1.54, 1.807) is 19.1 Å². The third kappa shape index (κ3) is 3.62.